The van der Waals surface area contributed by atoms with Crippen LogP contribution in [0.2, 0.25) is 0 Å². The van der Waals surface area contributed by atoms with Gasteiger partial charge in [-0.3, -0.25) is 9.59 Å². The van der Waals surface area contributed by atoms with Crippen LogP contribution in [-0.2, 0) is 20.9 Å². The highest BCUT2D eigenvalue weighted by atomic mass is 16.5. The Morgan fingerprint density at radius 2 is 2.04 bits per heavy atom. The van der Waals surface area contributed by atoms with Gasteiger partial charge in [-0.2, -0.15) is 5.26 Å². The van der Waals surface area contributed by atoms with Gasteiger partial charge in [0.25, 0.3) is 0 Å². The summed E-state index contributed by atoms with van der Waals surface area (Å²) in [5, 5.41) is 8.76. The molecule has 0 aromatic heterocycles. The van der Waals surface area contributed by atoms with Crippen LogP contribution >= 0.6 is 0 Å². The van der Waals surface area contributed by atoms with Crippen LogP contribution in [0, 0.1) is 23.2 Å². The molecule has 0 unspecified atom stereocenters. The highest BCUT2D eigenvalue weighted by Gasteiger charge is 2.30. The van der Waals surface area contributed by atoms with E-state index >= 15 is 0 Å². The summed E-state index contributed by atoms with van der Waals surface area (Å²) < 4.78 is 5.37. The topological polar surface area (TPSA) is 70.4 Å². The number of likely N-dealkylation sites (tertiary alicyclic amines) is 1. The highest BCUT2D eigenvalue weighted by molar-refractivity contribution is 5.80. The number of benzene rings is 1. The minimum atomic E-state index is -0.254. The summed E-state index contributed by atoms with van der Waals surface area (Å²) in [6, 6.07) is 9.01. The van der Waals surface area contributed by atoms with E-state index in [4.69, 9.17) is 10.00 Å². The molecule has 1 aromatic rings. The van der Waals surface area contributed by atoms with Crippen LogP contribution < -0.4 is 0 Å². The molecule has 2 rings (SSSR count). The third-order valence-electron chi connectivity index (χ3n) is 4.02. The minimum absolute atomic E-state index is 0.0524. The van der Waals surface area contributed by atoms with Crippen LogP contribution in [0.1, 0.15) is 37.8 Å². The molecule has 0 radical (unpaired) electrons. The third-order valence-corrected chi connectivity index (χ3v) is 4.02. The van der Waals surface area contributed by atoms with Crippen molar-refractivity contribution < 1.29 is 14.3 Å². The Labute approximate surface area is 136 Å². The van der Waals surface area contributed by atoms with E-state index in [1.165, 1.54) is 0 Å². The zero-order chi connectivity index (χ0) is 16.8. The number of piperidine rings is 1. The van der Waals surface area contributed by atoms with Crippen LogP contribution in [0.15, 0.2) is 24.3 Å². The van der Waals surface area contributed by atoms with Crippen molar-refractivity contribution in [2.45, 2.75) is 33.3 Å². The van der Waals surface area contributed by atoms with E-state index < -0.39 is 0 Å². The molecule has 23 heavy (non-hydrogen) atoms. The quantitative estimate of drug-likeness (QED) is 0.801. The molecule has 0 saturated carbocycles. The molecular weight excluding hydrogens is 292 g/mol. The Bertz CT molecular complexity index is 602. The summed E-state index contributed by atoms with van der Waals surface area (Å²) in [5.41, 5.74) is 1.43. The second-order valence-electron chi connectivity index (χ2n) is 6.19. The van der Waals surface area contributed by atoms with E-state index in [1.54, 1.807) is 29.2 Å². The molecule has 0 bridgehead atoms. The summed E-state index contributed by atoms with van der Waals surface area (Å²) in [4.78, 5) is 26.0. The van der Waals surface area contributed by atoms with E-state index in [-0.39, 0.29) is 30.3 Å². The van der Waals surface area contributed by atoms with Gasteiger partial charge >= 0.3 is 5.97 Å². The normalized spacial score (nSPS) is 17.7. The molecule has 1 atom stereocenters. The van der Waals surface area contributed by atoms with E-state index in [0.29, 0.717) is 12.1 Å². The fourth-order valence-electron chi connectivity index (χ4n) is 2.68. The van der Waals surface area contributed by atoms with Crippen molar-refractivity contribution in [1.29, 1.82) is 5.26 Å². The number of hydrogen-bond acceptors (Lipinski definition) is 4. The first-order valence-electron chi connectivity index (χ1n) is 7.95. The number of nitriles is 1. The summed E-state index contributed by atoms with van der Waals surface area (Å²) in [7, 11) is 0. The van der Waals surface area contributed by atoms with Crippen molar-refractivity contribution in [3.05, 3.63) is 35.4 Å². The van der Waals surface area contributed by atoms with Gasteiger partial charge in [-0.05, 0) is 30.5 Å². The number of carbonyl (C=O) groups is 2. The van der Waals surface area contributed by atoms with Crippen molar-refractivity contribution in [2.24, 2.45) is 11.8 Å². The minimum Gasteiger partial charge on any atom is -0.461 e. The number of amides is 1. The Morgan fingerprint density at radius 1 is 1.35 bits per heavy atom. The van der Waals surface area contributed by atoms with Crippen molar-refractivity contribution in [3.63, 3.8) is 0 Å². The summed E-state index contributed by atoms with van der Waals surface area (Å²) in [6.45, 7) is 5.10. The monoisotopic (exact) mass is 314 g/mol. The Hall–Kier alpha value is -2.35. The lowest BCUT2D eigenvalue weighted by molar-refractivity contribution is -0.153. The Balaban J connectivity index is 1.87. The molecule has 5 heteroatoms. The Morgan fingerprint density at radius 3 is 2.65 bits per heavy atom. The summed E-state index contributed by atoms with van der Waals surface area (Å²) >= 11 is 0. The summed E-state index contributed by atoms with van der Waals surface area (Å²) in [5.74, 6) is -0.460. The average Bonchev–Trinajstić information content (AvgIpc) is 2.59. The van der Waals surface area contributed by atoms with Gasteiger partial charge in [0.05, 0.1) is 17.6 Å². The maximum Gasteiger partial charge on any atom is 0.311 e. The number of carbonyl (C=O) groups excluding carboxylic acids is 2. The molecule has 1 saturated heterocycles. The molecule has 122 valence electrons. The first-order chi connectivity index (χ1) is 11.0. The first kappa shape index (κ1) is 17.0. The smallest absolute Gasteiger partial charge is 0.311 e. The van der Waals surface area contributed by atoms with Gasteiger partial charge in [-0.15, -0.1) is 0 Å². The van der Waals surface area contributed by atoms with Gasteiger partial charge < -0.3 is 9.64 Å². The lowest BCUT2D eigenvalue weighted by Crippen LogP contribution is -2.44. The number of ether oxygens (including phenoxy) is 1. The molecule has 1 aliphatic rings. The van der Waals surface area contributed by atoms with Gasteiger partial charge in [-0.1, -0.05) is 26.0 Å². The Kier molecular flexibility index (Phi) is 5.75. The van der Waals surface area contributed by atoms with Gasteiger partial charge in [0.15, 0.2) is 0 Å². The number of nitrogens with zero attached hydrogens (tertiary/aromatic N) is 2. The molecule has 1 amide bonds. The van der Waals surface area contributed by atoms with E-state index in [0.717, 1.165) is 24.9 Å². The third kappa shape index (κ3) is 4.56. The molecule has 1 fully saturated rings. The van der Waals surface area contributed by atoms with Crippen molar-refractivity contribution in [3.8, 4) is 6.07 Å². The van der Waals surface area contributed by atoms with Gasteiger partial charge in [0.2, 0.25) is 5.91 Å². The fraction of sp³-hybridized carbons (Fsp3) is 0.500. The molecule has 0 spiro atoms. The van der Waals surface area contributed by atoms with Gasteiger partial charge in [0, 0.05) is 19.0 Å². The molecular formula is C18H22N2O3. The molecule has 5 nitrogen and oxygen atoms in total. The first-order valence-corrected chi connectivity index (χ1v) is 7.95. The average molecular weight is 314 g/mol. The zero-order valence-electron chi connectivity index (χ0n) is 13.6. The van der Waals surface area contributed by atoms with E-state index in [2.05, 4.69) is 6.07 Å². The second kappa shape index (κ2) is 7.77. The van der Waals surface area contributed by atoms with Crippen LogP contribution in [0.3, 0.4) is 0 Å². The lowest BCUT2D eigenvalue weighted by atomic mass is 9.97. The predicted molar refractivity (Wildman–Crippen MR) is 85.1 cm³/mol. The lowest BCUT2D eigenvalue weighted by Gasteiger charge is -2.32. The van der Waals surface area contributed by atoms with Gasteiger partial charge in [0.1, 0.15) is 6.61 Å². The number of hydrogen-bond donors (Lipinski definition) is 0. The molecule has 1 aliphatic heterocycles. The molecule has 1 heterocycles. The maximum atomic E-state index is 12.2. The van der Waals surface area contributed by atoms with Crippen LogP contribution in [-0.4, -0.2) is 29.9 Å². The molecule has 1 aromatic carbocycles. The van der Waals surface area contributed by atoms with E-state index in [1.807, 2.05) is 13.8 Å². The highest BCUT2D eigenvalue weighted by Crippen LogP contribution is 2.20. The standard InChI is InChI=1S/C18H22N2O3/c1-13(2)17(21)20-9-3-4-16(11-20)18(22)23-12-15-7-5-14(10-19)6-8-15/h5-8,13,16H,3-4,9,11-12H2,1-2H3/t16-/m1/s1. The second-order valence-corrected chi connectivity index (χ2v) is 6.19. The molecule has 0 N–H and O–H groups in total. The fourth-order valence-corrected chi connectivity index (χ4v) is 2.68. The van der Waals surface area contributed by atoms with E-state index in [9.17, 15) is 9.59 Å². The largest absolute Gasteiger partial charge is 0.461 e. The SMILES string of the molecule is CC(C)C(=O)N1CCC[C@@H](C(=O)OCc2ccc(C#N)cc2)C1. The molecule has 0 aliphatic carbocycles. The zero-order valence-corrected chi connectivity index (χ0v) is 13.6. The van der Waals surface area contributed by atoms with Crippen LogP contribution in [0.5, 0.6) is 0 Å². The number of esters is 1. The van der Waals surface area contributed by atoms with Crippen molar-refractivity contribution >= 4 is 11.9 Å². The van der Waals surface area contributed by atoms with Crippen LogP contribution in [0.4, 0.5) is 0 Å². The predicted octanol–water partition coefficient (Wildman–Crippen LogP) is 2.50. The van der Waals surface area contributed by atoms with Crippen molar-refractivity contribution in [2.75, 3.05) is 13.1 Å². The number of rotatable bonds is 4. The summed E-state index contributed by atoms with van der Waals surface area (Å²) in [6.07, 6.45) is 1.59. The van der Waals surface area contributed by atoms with Crippen LogP contribution in [0.25, 0.3) is 0 Å². The van der Waals surface area contributed by atoms with Crippen molar-refractivity contribution in [1.82, 2.24) is 4.90 Å². The maximum absolute atomic E-state index is 12.2. The van der Waals surface area contributed by atoms with Gasteiger partial charge in [-0.25, -0.2) is 0 Å².